The third kappa shape index (κ3) is 2.99. The average Bonchev–Trinajstić information content (AvgIpc) is 2.13. The van der Waals surface area contributed by atoms with Gasteiger partial charge in [0, 0.05) is 0 Å². The number of hydrogen-bond donors (Lipinski definition) is 0. The van der Waals surface area contributed by atoms with Crippen LogP contribution in [0.1, 0.15) is 12.0 Å². The molecule has 0 N–H and O–H groups in total. The number of ether oxygens (including phenoxy) is 1. The lowest BCUT2D eigenvalue weighted by atomic mass is 10.2. The van der Waals surface area contributed by atoms with E-state index in [9.17, 15) is 36.5 Å². The van der Waals surface area contributed by atoms with Crippen LogP contribution in [0.4, 0.5) is 32.0 Å². The van der Waals surface area contributed by atoms with E-state index in [1.165, 1.54) is 0 Å². The van der Waals surface area contributed by atoms with Crippen LogP contribution < -0.4 is 4.74 Å². The van der Waals surface area contributed by atoms with E-state index in [1.807, 2.05) is 0 Å². The first-order valence-corrected chi connectivity index (χ1v) is 4.00. The van der Waals surface area contributed by atoms with Gasteiger partial charge in [-0.2, -0.15) is 4.39 Å². The van der Waals surface area contributed by atoms with Gasteiger partial charge in [-0.05, 0) is 0 Å². The minimum absolute atomic E-state index is 0.0578. The van der Waals surface area contributed by atoms with Crippen molar-refractivity contribution in [3.8, 4) is 5.75 Å². The van der Waals surface area contributed by atoms with E-state index in [1.54, 1.807) is 0 Å². The highest BCUT2D eigenvalue weighted by atomic mass is 19.4. The molecule has 0 fully saturated rings. The smallest absolute Gasteiger partial charge is 0.398 e. The third-order valence-electron chi connectivity index (χ3n) is 1.63. The van der Waals surface area contributed by atoms with Crippen LogP contribution in [-0.4, -0.2) is 16.3 Å². The van der Waals surface area contributed by atoms with Crippen molar-refractivity contribution in [3.63, 3.8) is 0 Å². The molecule has 0 aromatic carbocycles. The fourth-order valence-corrected chi connectivity index (χ4v) is 1.02. The fraction of sp³-hybridized carbons (Fsp3) is 0.286. The first kappa shape index (κ1) is 14.0. The molecule has 0 amide bonds. The Hall–Kier alpha value is -2.07. The van der Waals surface area contributed by atoms with Crippen LogP contribution in [-0.2, 0) is 0 Å². The largest absolute Gasteiger partial charge is 0.573 e. The van der Waals surface area contributed by atoms with Gasteiger partial charge in [-0.1, -0.05) is 0 Å². The molecule has 1 aromatic heterocycles. The van der Waals surface area contributed by atoms with Crippen molar-refractivity contribution in [2.75, 3.05) is 0 Å². The lowest BCUT2D eigenvalue weighted by molar-refractivity contribution is -0.389. The van der Waals surface area contributed by atoms with Gasteiger partial charge in [0.25, 0.3) is 6.43 Å². The van der Waals surface area contributed by atoms with E-state index in [2.05, 4.69) is 9.72 Å². The highest BCUT2D eigenvalue weighted by Crippen LogP contribution is 2.40. The predicted molar refractivity (Wildman–Crippen MR) is 42.5 cm³/mol. The molecular weight excluding hydrogens is 274 g/mol. The summed E-state index contributed by atoms with van der Waals surface area (Å²) < 4.78 is 76.4. The highest BCUT2D eigenvalue weighted by molar-refractivity contribution is 5.50. The van der Waals surface area contributed by atoms with E-state index >= 15 is 0 Å². The number of aromatic nitrogens is 1. The minimum atomic E-state index is -5.48. The van der Waals surface area contributed by atoms with E-state index in [4.69, 9.17) is 0 Å². The summed E-state index contributed by atoms with van der Waals surface area (Å²) in [6, 6.07) is 0. The van der Waals surface area contributed by atoms with Crippen molar-refractivity contribution in [2.45, 2.75) is 12.8 Å². The Kier molecular flexibility index (Phi) is 3.62. The standard InChI is InChI=1S/C7H2F6N2O3/c8-5(9)3-4(18-7(11,12)13)2(15(16)17)1-14-6(3)10/h1,5H. The van der Waals surface area contributed by atoms with Gasteiger partial charge in [0.1, 0.15) is 11.8 Å². The van der Waals surface area contributed by atoms with E-state index in [0.717, 1.165) is 0 Å². The van der Waals surface area contributed by atoms with Crippen LogP contribution in [0.5, 0.6) is 5.75 Å². The van der Waals surface area contributed by atoms with Gasteiger partial charge >= 0.3 is 12.0 Å². The number of alkyl halides is 5. The molecule has 0 saturated heterocycles. The molecule has 0 aliphatic rings. The number of halogens is 6. The second-order valence-corrected chi connectivity index (χ2v) is 2.78. The molecule has 1 aromatic rings. The Morgan fingerprint density at radius 1 is 1.39 bits per heavy atom. The molecule has 0 aliphatic carbocycles. The molecule has 0 saturated carbocycles. The molecule has 5 nitrogen and oxygen atoms in total. The van der Waals surface area contributed by atoms with Crippen molar-refractivity contribution < 1.29 is 36.0 Å². The maximum Gasteiger partial charge on any atom is 0.573 e. The molecule has 18 heavy (non-hydrogen) atoms. The van der Waals surface area contributed by atoms with Crippen LogP contribution in [0.25, 0.3) is 0 Å². The van der Waals surface area contributed by atoms with Crippen LogP contribution in [0.2, 0.25) is 0 Å². The molecule has 0 aliphatic heterocycles. The summed E-state index contributed by atoms with van der Waals surface area (Å²) in [4.78, 5) is 11.5. The van der Waals surface area contributed by atoms with Crippen molar-refractivity contribution in [2.24, 2.45) is 0 Å². The van der Waals surface area contributed by atoms with Crippen molar-refractivity contribution >= 4 is 5.69 Å². The number of hydrogen-bond acceptors (Lipinski definition) is 4. The Labute approximate surface area is 94.1 Å². The second kappa shape index (κ2) is 4.66. The maximum atomic E-state index is 12.9. The monoisotopic (exact) mass is 276 g/mol. The number of pyridine rings is 1. The Morgan fingerprint density at radius 3 is 2.33 bits per heavy atom. The zero-order chi connectivity index (χ0) is 14.1. The van der Waals surface area contributed by atoms with Crippen LogP contribution in [0.3, 0.4) is 0 Å². The van der Waals surface area contributed by atoms with Gasteiger partial charge in [-0.3, -0.25) is 10.1 Å². The van der Waals surface area contributed by atoms with Gasteiger partial charge in [0.2, 0.25) is 11.7 Å². The van der Waals surface area contributed by atoms with Gasteiger partial charge in [-0.15, -0.1) is 13.2 Å². The molecule has 100 valence electrons. The van der Waals surface area contributed by atoms with Gasteiger partial charge in [0.15, 0.2) is 0 Å². The van der Waals surface area contributed by atoms with Crippen LogP contribution in [0, 0.1) is 16.1 Å². The van der Waals surface area contributed by atoms with E-state index in [0.29, 0.717) is 0 Å². The van der Waals surface area contributed by atoms with Gasteiger partial charge in [0.05, 0.1) is 4.92 Å². The molecule has 0 bridgehead atoms. The normalized spacial score (nSPS) is 11.7. The number of rotatable bonds is 3. The zero-order valence-electron chi connectivity index (χ0n) is 8.04. The van der Waals surface area contributed by atoms with Crippen molar-refractivity contribution in [3.05, 3.63) is 27.8 Å². The van der Waals surface area contributed by atoms with E-state index < -0.39 is 40.7 Å². The average molecular weight is 276 g/mol. The van der Waals surface area contributed by atoms with Crippen LogP contribution in [0.15, 0.2) is 6.20 Å². The van der Waals surface area contributed by atoms with Gasteiger partial charge < -0.3 is 4.74 Å². The molecule has 11 heteroatoms. The first-order valence-electron chi connectivity index (χ1n) is 4.00. The Morgan fingerprint density at radius 2 is 1.94 bits per heavy atom. The summed E-state index contributed by atoms with van der Waals surface area (Å²) in [5.41, 5.74) is -3.43. The third-order valence-corrected chi connectivity index (χ3v) is 1.63. The second-order valence-electron chi connectivity index (χ2n) is 2.78. The molecule has 1 heterocycles. The van der Waals surface area contributed by atoms with Crippen molar-refractivity contribution in [1.82, 2.24) is 4.98 Å². The molecule has 0 atom stereocenters. The molecule has 0 unspecified atom stereocenters. The van der Waals surface area contributed by atoms with E-state index in [-0.39, 0.29) is 6.20 Å². The summed E-state index contributed by atoms with van der Waals surface area (Å²) >= 11 is 0. The SMILES string of the molecule is O=[N+]([O-])c1cnc(F)c(C(F)F)c1OC(F)(F)F. The summed E-state index contributed by atoms with van der Waals surface area (Å²) in [6.45, 7) is 0. The molecule has 0 radical (unpaired) electrons. The summed E-state index contributed by atoms with van der Waals surface area (Å²) in [6.07, 6.45) is -9.18. The maximum absolute atomic E-state index is 12.9. The highest BCUT2D eigenvalue weighted by Gasteiger charge is 2.39. The first-order chi connectivity index (χ1) is 8.13. The lowest BCUT2D eigenvalue weighted by Crippen LogP contribution is -2.20. The topological polar surface area (TPSA) is 65.3 Å². The molecular formula is C7H2F6N2O3. The molecule has 0 spiro atoms. The predicted octanol–water partition coefficient (Wildman–Crippen LogP) is 2.97. The van der Waals surface area contributed by atoms with Crippen molar-refractivity contribution in [1.29, 1.82) is 0 Å². The fourth-order valence-electron chi connectivity index (χ4n) is 1.02. The minimum Gasteiger partial charge on any atom is -0.398 e. The van der Waals surface area contributed by atoms with Gasteiger partial charge in [-0.25, -0.2) is 13.8 Å². The summed E-state index contributed by atoms with van der Waals surface area (Å²) in [5, 5.41) is 10.3. The Balaban J connectivity index is 3.48. The summed E-state index contributed by atoms with van der Waals surface area (Å²) in [7, 11) is 0. The molecule has 1 rings (SSSR count). The lowest BCUT2D eigenvalue weighted by Gasteiger charge is -2.12. The quantitative estimate of drug-likeness (QED) is 0.368. The summed E-state index contributed by atoms with van der Waals surface area (Å²) in [5.74, 6) is -3.88. The Bertz CT molecular complexity index is 475. The number of nitro groups is 1. The van der Waals surface area contributed by atoms with Crippen LogP contribution >= 0.6 is 0 Å². The number of nitrogens with zero attached hydrogens (tertiary/aromatic N) is 2. The zero-order valence-corrected chi connectivity index (χ0v) is 8.04.